The number of carbonyl (C=O) groups excluding carboxylic acids is 1. The minimum atomic E-state index is -0.152. The van der Waals surface area contributed by atoms with Crippen LogP contribution in [0.3, 0.4) is 0 Å². The van der Waals surface area contributed by atoms with Crippen LogP contribution in [0.25, 0.3) is 0 Å². The molecule has 142 valence electrons. The van der Waals surface area contributed by atoms with Crippen LogP contribution in [0, 0.1) is 5.92 Å². The maximum absolute atomic E-state index is 13.1. The van der Waals surface area contributed by atoms with Crippen LogP contribution < -0.4 is 5.32 Å². The molecule has 2 saturated heterocycles. The van der Waals surface area contributed by atoms with Gasteiger partial charge in [0.2, 0.25) is 0 Å². The topological polar surface area (TPSA) is 32.3 Å². The van der Waals surface area contributed by atoms with Crippen LogP contribution in [0.4, 0.5) is 0 Å². The van der Waals surface area contributed by atoms with E-state index in [-0.39, 0.29) is 17.5 Å². The molecule has 3 nitrogen and oxygen atoms in total. The average molecular weight is 403 g/mol. The molecule has 1 atom stereocenters. The number of piperidine rings is 2. The lowest BCUT2D eigenvalue weighted by molar-refractivity contribution is -0.0404. The standard InChI is InChI=1S/C22H24Cl2N2O/c1-26-14-15-9-11-22(26,12-10-15)20(16-5-3-2-4-6-16)25-21(27)18-8-7-17(23)13-19(18)24/h2-8,13,15,20H,9-12,14H2,1H3,(H,25,27)/t15?,20-,22?/m1/s1. The number of fused-ring (bicyclic) bond motifs is 3. The van der Waals surface area contributed by atoms with Crippen molar-refractivity contribution in [2.75, 3.05) is 13.6 Å². The van der Waals surface area contributed by atoms with Crippen LogP contribution in [0.2, 0.25) is 10.0 Å². The molecule has 1 saturated carbocycles. The molecule has 1 N–H and O–H groups in total. The van der Waals surface area contributed by atoms with E-state index in [1.165, 1.54) is 12.8 Å². The Hall–Kier alpha value is -1.55. The monoisotopic (exact) mass is 402 g/mol. The third-order valence-corrected chi connectivity index (χ3v) is 6.93. The number of benzene rings is 2. The molecule has 3 fully saturated rings. The highest BCUT2D eigenvalue weighted by molar-refractivity contribution is 6.36. The fraction of sp³-hybridized carbons (Fsp3) is 0.409. The smallest absolute Gasteiger partial charge is 0.253 e. The van der Waals surface area contributed by atoms with Gasteiger partial charge in [0.05, 0.1) is 16.6 Å². The summed E-state index contributed by atoms with van der Waals surface area (Å²) in [5, 5.41) is 4.23. The maximum atomic E-state index is 13.1. The molecule has 0 spiro atoms. The molecule has 0 unspecified atom stereocenters. The second-order valence-corrected chi connectivity index (χ2v) is 8.71. The Labute approximate surface area is 170 Å². The zero-order valence-electron chi connectivity index (χ0n) is 15.4. The number of likely N-dealkylation sites (N-methyl/N-ethyl adjacent to an activating group) is 1. The highest BCUT2D eigenvalue weighted by Gasteiger charge is 2.50. The number of carbonyl (C=O) groups is 1. The summed E-state index contributed by atoms with van der Waals surface area (Å²) in [6.07, 6.45) is 4.65. The highest BCUT2D eigenvalue weighted by Crippen LogP contribution is 2.49. The maximum Gasteiger partial charge on any atom is 0.253 e. The van der Waals surface area contributed by atoms with Gasteiger partial charge < -0.3 is 5.32 Å². The fourth-order valence-corrected chi connectivity index (χ4v) is 5.37. The van der Waals surface area contributed by atoms with Crippen molar-refractivity contribution in [1.82, 2.24) is 10.2 Å². The molecule has 2 aromatic rings. The Morgan fingerprint density at radius 2 is 1.85 bits per heavy atom. The molecular weight excluding hydrogens is 379 g/mol. The third-order valence-electron chi connectivity index (χ3n) is 6.38. The molecule has 1 amide bonds. The summed E-state index contributed by atoms with van der Waals surface area (Å²) >= 11 is 12.3. The van der Waals surface area contributed by atoms with E-state index in [0.29, 0.717) is 15.6 Å². The molecule has 5 heteroatoms. The molecule has 5 rings (SSSR count). The minimum absolute atomic E-state index is 0.0509. The Morgan fingerprint density at radius 3 is 2.48 bits per heavy atom. The van der Waals surface area contributed by atoms with Crippen LogP contribution in [-0.2, 0) is 0 Å². The van der Waals surface area contributed by atoms with Crippen molar-refractivity contribution in [1.29, 1.82) is 0 Å². The number of hydrogen-bond acceptors (Lipinski definition) is 2. The van der Waals surface area contributed by atoms with Gasteiger partial charge in [0.25, 0.3) is 5.91 Å². The number of nitrogens with one attached hydrogen (secondary N) is 1. The number of hydrogen-bond donors (Lipinski definition) is 1. The van der Waals surface area contributed by atoms with E-state index < -0.39 is 0 Å². The zero-order chi connectivity index (χ0) is 19.0. The van der Waals surface area contributed by atoms with Crippen LogP contribution in [0.1, 0.15) is 47.6 Å². The van der Waals surface area contributed by atoms with Gasteiger partial charge in [-0.15, -0.1) is 0 Å². The lowest BCUT2D eigenvalue weighted by atomic mass is 9.66. The first-order chi connectivity index (χ1) is 13.0. The molecule has 27 heavy (non-hydrogen) atoms. The van der Waals surface area contributed by atoms with E-state index in [0.717, 1.165) is 30.9 Å². The van der Waals surface area contributed by atoms with E-state index >= 15 is 0 Å². The second-order valence-electron chi connectivity index (χ2n) is 7.87. The first-order valence-corrected chi connectivity index (χ1v) is 10.3. The third kappa shape index (κ3) is 3.49. The van der Waals surface area contributed by atoms with E-state index in [4.69, 9.17) is 23.2 Å². The Morgan fingerprint density at radius 1 is 1.15 bits per heavy atom. The van der Waals surface area contributed by atoms with Gasteiger partial charge in [0.15, 0.2) is 0 Å². The van der Waals surface area contributed by atoms with Gasteiger partial charge in [-0.3, -0.25) is 9.69 Å². The normalized spacial score (nSPS) is 26.0. The number of rotatable bonds is 4. The Kier molecular flexibility index (Phi) is 5.19. The molecule has 1 aliphatic carbocycles. The van der Waals surface area contributed by atoms with E-state index in [9.17, 15) is 4.79 Å². The van der Waals surface area contributed by atoms with Gasteiger partial charge in [-0.05, 0) is 62.4 Å². The van der Waals surface area contributed by atoms with Crippen molar-refractivity contribution >= 4 is 29.1 Å². The molecule has 2 bridgehead atoms. The van der Waals surface area contributed by atoms with Crippen molar-refractivity contribution in [3.05, 3.63) is 69.7 Å². The zero-order valence-corrected chi connectivity index (χ0v) is 16.9. The van der Waals surface area contributed by atoms with Crippen LogP contribution in [0.15, 0.2) is 48.5 Å². The minimum Gasteiger partial charge on any atom is -0.343 e. The molecule has 0 radical (unpaired) electrons. The Balaban J connectivity index is 1.70. The highest BCUT2D eigenvalue weighted by atomic mass is 35.5. The Bertz CT molecular complexity index is 831. The van der Waals surface area contributed by atoms with Crippen molar-refractivity contribution in [2.24, 2.45) is 5.92 Å². The largest absolute Gasteiger partial charge is 0.343 e. The molecule has 2 heterocycles. The van der Waals surface area contributed by atoms with Crippen LogP contribution in [0.5, 0.6) is 0 Å². The van der Waals surface area contributed by atoms with Crippen LogP contribution in [-0.4, -0.2) is 29.9 Å². The van der Waals surface area contributed by atoms with Crippen molar-refractivity contribution < 1.29 is 4.79 Å². The van der Waals surface area contributed by atoms with E-state index in [1.54, 1.807) is 18.2 Å². The molecule has 3 aliphatic rings. The van der Waals surface area contributed by atoms with Crippen molar-refractivity contribution in [2.45, 2.75) is 37.3 Å². The number of nitrogens with zero attached hydrogens (tertiary/aromatic N) is 1. The second kappa shape index (κ2) is 7.46. The van der Waals surface area contributed by atoms with Gasteiger partial charge in [-0.1, -0.05) is 53.5 Å². The predicted molar refractivity (Wildman–Crippen MR) is 110 cm³/mol. The molecular formula is C22H24Cl2N2O. The van der Waals surface area contributed by atoms with Crippen molar-refractivity contribution in [3.63, 3.8) is 0 Å². The summed E-state index contributed by atoms with van der Waals surface area (Å²) in [4.78, 5) is 15.6. The van der Waals surface area contributed by atoms with Gasteiger partial charge in [0, 0.05) is 17.1 Å². The van der Waals surface area contributed by atoms with Gasteiger partial charge >= 0.3 is 0 Å². The summed E-state index contributed by atoms with van der Waals surface area (Å²) in [5.41, 5.74) is 1.55. The van der Waals surface area contributed by atoms with Gasteiger partial charge in [-0.2, -0.15) is 0 Å². The predicted octanol–water partition coefficient (Wildman–Crippen LogP) is 5.34. The first kappa shape index (κ1) is 18.8. The molecule has 2 aliphatic heterocycles. The average Bonchev–Trinajstić information content (AvgIpc) is 2.67. The molecule has 2 aromatic carbocycles. The van der Waals surface area contributed by atoms with Gasteiger partial charge in [0.1, 0.15) is 0 Å². The summed E-state index contributed by atoms with van der Waals surface area (Å²) in [5.74, 6) is 0.635. The summed E-state index contributed by atoms with van der Waals surface area (Å²) in [6, 6.07) is 15.2. The molecule has 0 aromatic heterocycles. The summed E-state index contributed by atoms with van der Waals surface area (Å²) in [6.45, 7) is 1.10. The fourth-order valence-electron chi connectivity index (χ4n) is 4.88. The summed E-state index contributed by atoms with van der Waals surface area (Å²) < 4.78 is 0. The van der Waals surface area contributed by atoms with Gasteiger partial charge in [-0.25, -0.2) is 0 Å². The lowest BCUT2D eigenvalue weighted by Crippen LogP contribution is -2.62. The summed E-state index contributed by atoms with van der Waals surface area (Å²) in [7, 11) is 2.20. The quantitative estimate of drug-likeness (QED) is 0.748. The van der Waals surface area contributed by atoms with E-state index in [1.807, 2.05) is 18.2 Å². The number of halogens is 2. The van der Waals surface area contributed by atoms with Crippen molar-refractivity contribution in [3.8, 4) is 0 Å². The lowest BCUT2D eigenvalue weighted by Gasteiger charge is -2.57. The first-order valence-electron chi connectivity index (χ1n) is 9.52. The van der Waals surface area contributed by atoms with Crippen LogP contribution >= 0.6 is 23.2 Å². The van der Waals surface area contributed by atoms with E-state index in [2.05, 4.69) is 29.4 Å². The SMILES string of the molecule is CN1CC2CCC1([C@H](NC(=O)c1ccc(Cl)cc1Cl)c1ccccc1)CC2. The number of amides is 1.